The number of ketones is 1. The number of carbonyl (C=O) groups is 2. The van der Waals surface area contributed by atoms with E-state index in [0.29, 0.717) is 30.5 Å². The number of carbonyl (C=O) groups excluding carboxylic acids is 2. The number of benzene rings is 2. The van der Waals surface area contributed by atoms with Crippen LogP contribution in [-0.4, -0.2) is 23.3 Å². The molecule has 0 spiro atoms. The van der Waals surface area contributed by atoms with Crippen molar-refractivity contribution < 1.29 is 14.7 Å². The van der Waals surface area contributed by atoms with Crippen LogP contribution in [0.1, 0.15) is 41.3 Å². The monoisotopic (exact) mass is 335 g/mol. The third-order valence-electron chi connectivity index (χ3n) is 5.43. The normalized spacial score (nSPS) is 25.0. The summed E-state index contributed by atoms with van der Waals surface area (Å²) >= 11 is 0. The van der Waals surface area contributed by atoms with Crippen LogP contribution in [0.3, 0.4) is 0 Å². The molecule has 0 aromatic heterocycles. The Labute approximate surface area is 147 Å². The third-order valence-corrected chi connectivity index (χ3v) is 5.43. The van der Waals surface area contributed by atoms with Crippen molar-refractivity contribution in [2.75, 3.05) is 11.4 Å². The summed E-state index contributed by atoms with van der Waals surface area (Å²) in [4.78, 5) is 27.9. The molecule has 0 bridgehead atoms. The molecule has 1 N–H and O–H groups in total. The van der Waals surface area contributed by atoms with E-state index in [1.165, 1.54) is 0 Å². The second-order valence-electron chi connectivity index (χ2n) is 6.85. The van der Waals surface area contributed by atoms with Gasteiger partial charge in [-0.15, -0.1) is 0 Å². The number of Topliss-reactive ketones (excluding diaryl/α,β-unsaturated/α-hetero) is 1. The zero-order valence-electron chi connectivity index (χ0n) is 14.2. The predicted molar refractivity (Wildman–Crippen MR) is 95.6 cm³/mol. The number of fused-ring (bicyclic) bond motifs is 2. The topological polar surface area (TPSA) is 57.6 Å². The molecule has 0 radical (unpaired) electrons. The maximum Gasteiger partial charge on any atom is 0.264 e. The summed E-state index contributed by atoms with van der Waals surface area (Å²) in [5.41, 5.74) is 1.15. The lowest BCUT2D eigenvalue weighted by atomic mass is 9.71. The quantitative estimate of drug-likeness (QED) is 0.938. The molecule has 1 heterocycles. The molecule has 4 heteroatoms. The number of rotatable bonds is 3. The minimum absolute atomic E-state index is 0.133. The number of para-hydroxylation sites is 1. The number of amides is 1. The molecule has 2 unspecified atom stereocenters. The van der Waals surface area contributed by atoms with E-state index in [1.807, 2.05) is 43.3 Å². The summed E-state index contributed by atoms with van der Waals surface area (Å²) in [5, 5.41) is 11.5. The fraction of sp³-hybridized carbons (Fsp3) is 0.333. The van der Waals surface area contributed by atoms with Crippen LogP contribution in [0, 0.1) is 5.92 Å². The molecule has 2 aliphatic rings. The van der Waals surface area contributed by atoms with Crippen LogP contribution in [0.25, 0.3) is 0 Å². The average Bonchev–Trinajstić information content (AvgIpc) is 2.85. The van der Waals surface area contributed by atoms with Crippen molar-refractivity contribution in [3.8, 4) is 0 Å². The van der Waals surface area contributed by atoms with Crippen LogP contribution in [0.4, 0.5) is 5.69 Å². The number of aryl methyl sites for hydroxylation is 1. The van der Waals surface area contributed by atoms with Gasteiger partial charge in [0.2, 0.25) is 0 Å². The molecule has 4 nitrogen and oxygen atoms in total. The van der Waals surface area contributed by atoms with Gasteiger partial charge in [0.05, 0.1) is 11.6 Å². The van der Waals surface area contributed by atoms with Crippen molar-refractivity contribution in [1.29, 1.82) is 0 Å². The van der Waals surface area contributed by atoms with Crippen molar-refractivity contribution in [3.63, 3.8) is 0 Å². The molecule has 4 rings (SSSR count). The van der Waals surface area contributed by atoms with Gasteiger partial charge in [-0.3, -0.25) is 9.59 Å². The standard InChI is InChI=1S/C21H21NO3/c1-2-13-22-18-10-6-5-9-16(18)21(25,20(22)24)17-12-11-14-7-3-4-8-15(14)19(17)23/h3-10,17,25H,2,11-13H2,1H3. The minimum atomic E-state index is -1.77. The average molecular weight is 335 g/mol. The summed E-state index contributed by atoms with van der Waals surface area (Å²) in [7, 11) is 0. The van der Waals surface area contributed by atoms with Gasteiger partial charge in [0.15, 0.2) is 11.4 Å². The Balaban J connectivity index is 1.82. The summed E-state index contributed by atoms with van der Waals surface area (Å²) < 4.78 is 0. The zero-order valence-corrected chi connectivity index (χ0v) is 14.2. The SMILES string of the molecule is CCCN1C(=O)C(O)(C2CCc3ccccc3C2=O)c2ccccc21. The first kappa shape index (κ1) is 16.0. The molecule has 2 aromatic rings. The van der Waals surface area contributed by atoms with Gasteiger partial charge in [-0.25, -0.2) is 0 Å². The van der Waals surface area contributed by atoms with Crippen LogP contribution in [0.15, 0.2) is 48.5 Å². The molecular formula is C21H21NO3. The second-order valence-corrected chi connectivity index (χ2v) is 6.85. The van der Waals surface area contributed by atoms with Gasteiger partial charge in [0.25, 0.3) is 5.91 Å². The van der Waals surface area contributed by atoms with Crippen LogP contribution < -0.4 is 4.90 Å². The van der Waals surface area contributed by atoms with Gasteiger partial charge >= 0.3 is 0 Å². The molecule has 1 aliphatic carbocycles. The van der Waals surface area contributed by atoms with Crippen molar-refractivity contribution in [2.45, 2.75) is 31.8 Å². The number of hydrogen-bond acceptors (Lipinski definition) is 3. The Hall–Kier alpha value is -2.46. The lowest BCUT2D eigenvalue weighted by Gasteiger charge is -2.34. The highest BCUT2D eigenvalue weighted by atomic mass is 16.3. The number of nitrogens with zero attached hydrogens (tertiary/aromatic N) is 1. The van der Waals surface area contributed by atoms with E-state index >= 15 is 0 Å². The van der Waals surface area contributed by atoms with Crippen LogP contribution >= 0.6 is 0 Å². The highest BCUT2D eigenvalue weighted by molar-refractivity contribution is 6.12. The van der Waals surface area contributed by atoms with E-state index in [-0.39, 0.29) is 11.7 Å². The van der Waals surface area contributed by atoms with E-state index in [0.717, 1.165) is 17.7 Å². The van der Waals surface area contributed by atoms with Crippen molar-refractivity contribution >= 4 is 17.4 Å². The van der Waals surface area contributed by atoms with E-state index in [4.69, 9.17) is 0 Å². The van der Waals surface area contributed by atoms with Crippen LogP contribution in [-0.2, 0) is 16.8 Å². The molecule has 128 valence electrons. The van der Waals surface area contributed by atoms with Gasteiger partial charge in [-0.05, 0) is 30.9 Å². The fourth-order valence-corrected chi connectivity index (χ4v) is 4.24. The Morgan fingerprint density at radius 1 is 1.12 bits per heavy atom. The van der Waals surface area contributed by atoms with E-state index < -0.39 is 11.5 Å². The smallest absolute Gasteiger partial charge is 0.264 e. The third kappa shape index (κ3) is 2.17. The molecule has 2 aromatic carbocycles. The van der Waals surface area contributed by atoms with Crippen molar-refractivity contribution in [1.82, 2.24) is 0 Å². The maximum atomic E-state index is 13.2. The Morgan fingerprint density at radius 2 is 1.84 bits per heavy atom. The molecule has 1 aliphatic heterocycles. The zero-order chi connectivity index (χ0) is 17.6. The van der Waals surface area contributed by atoms with Gasteiger partial charge < -0.3 is 10.0 Å². The van der Waals surface area contributed by atoms with E-state index in [9.17, 15) is 14.7 Å². The first-order chi connectivity index (χ1) is 12.1. The number of hydrogen-bond donors (Lipinski definition) is 1. The van der Waals surface area contributed by atoms with E-state index in [2.05, 4.69) is 0 Å². The lowest BCUT2D eigenvalue weighted by Crippen LogP contribution is -2.49. The highest BCUT2D eigenvalue weighted by Crippen LogP contribution is 2.48. The minimum Gasteiger partial charge on any atom is -0.375 e. The van der Waals surface area contributed by atoms with Gasteiger partial charge in [0.1, 0.15) is 0 Å². The summed E-state index contributed by atoms with van der Waals surface area (Å²) in [6, 6.07) is 14.8. The molecule has 1 amide bonds. The Kier molecular flexibility index (Phi) is 3.73. The first-order valence-electron chi connectivity index (χ1n) is 8.85. The molecule has 0 saturated carbocycles. The van der Waals surface area contributed by atoms with Crippen LogP contribution in [0.2, 0.25) is 0 Å². The van der Waals surface area contributed by atoms with E-state index in [1.54, 1.807) is 17.0 Å². The summed E-state index contributed by atoms with van der Waals surface area (Å²) in [6.45, 7) is 2.53. The largest absolute Gasteiger partial charge is 0.375 e. The molecule has 0 saturated heterocycles. The van der Waals surface area contributed by atoms with Gasteiger partial charge in [0, 0.05) is 17.7 Å². The molecule has 0 fully saturated rings. The molecule has 25 heavy (non-hydrogen) atoms. The van der Waals surface area contributed by atoms with Gasteiger partial charge in [-0.2, -0.15) is 0 Å². The summed E-state index contributed by atoms with van der Waals surface area (Å²) in [5.74, 6) is -1.24. The molecule has 2 atom stereocenters. The first-order valence-corrected chi connectivity index (χ1v) is 8.85. The lowest BCUT2D eigenvalue weighted by molar-refractivity contribution is -0.140. The van der Waals surface area contributed by atoms with Crippen molar-refractivity contribution in [2.24, 2.45) is 5.92 Å². The molecular weight excluding hydrogens is 314 g/mol. The predicted octanol–water partition coefficient (Wildman–Crippen LogP) is 3.08. The fourth-order valence-electron chi connectivity index (χ4n) is 4.24. The van der Waals surface area contributed by atoms with Gasteiger partial charge in [-0.1, -0.05) is 49.4 Å². The van der Waals surface area contributed by atoms with Crippen molar-refractivity contribution in [3.05, 3.63) is 65.2 Å². The Bertz CT molecular complexity index is 860. The highest BCUT2D eigenvalue weighted by Gasteiger charge is 2.57. The second kappa shape index (κ2) is 5.81. The summed E-state index contributed by atoms with van der Waals surface area (Å²) in [6.07, 6.45) is 1.96. The number of anilines is 1. The van der Waals surface area contributed by atoms with Crippen LogP contribution in [0.5, 0.6) is 0 Å². The number of aliphatic hydroxyl groups is 1. The Morgan fingerprint density at radius 3 is 2.64 bits per heavy atom. The maximum absolute atomic E-state index is 13.2.